The van der Waals surface area contributed by atoms with E-state index in [2.05, 4.69) is 49.1 Å². The van der Waals surface area contributed by atoms with Crippen molar-refractivity contribution >= 4 is 5.69 Å². The summed E-state index contributed by atoms with van der Waals surface area (Å²) in [6, 6.07) is 10.8. The normalized spacial score (nSPS) is 10.4. The minimum Gasteiger partial charge on any atom is -0.372 e. The minimum absolute atomic E-state index is 1.18. The molecule has 16 heavy (non-hydrogen) atoms. The standard InChI is InChI=1S/C15H25N/c1-3-5-6-10-14-16(13-4-2)15-11-8-7-9-12-15/h7-9,11-12H,3-6,10,13-14H2,1-2H3. The lowest BCUT2D eigenvalue weighted by Gasteiger charge is -2.24. The molecule has 1 nitrogen and oxygen atoms in total. The largest absolute Gasteiger partial charge is 0.372 e. The zero-order chi connectivity index (χ0) is 11.6. The Bertz CT molecular complexity index is 255. The van der Waals surface area contributed by atoms with E-state index in [1.165, 1.54) is 50.9 Å². The SMILES string of the molecule is CCCCCCN(CCC)c1ccccc1. The first-order chi connectivity index (χ1) is 7.88. The Balaban J connectivity index is 2.41. The molecule has 90 valence electrons. The van der Waals surface area contributed by atoms with Crippen molar-refractivity contribution in [1.29, 1.82) is 0 Å². The van der Waals surface area contributed by atoms with E-state index in [9.17, 15) is 0 Å². The fraction of sp³-hybridized carbons (Fsp3) is 0.600. The number of rotatable bonds is 8. The molecule has 0 N–H and O–H groups in total. The first-order valence-corrected chi connectivity index (χ1v) is 6.68. The summed E-state index contributed by atoms with van der Waals surface area (Å²) in [4.78, 5) is 2.51. The van der Waals surface area contributed by atoms with E-state index in [0.717, 1.165) is 0 Å². The highest BCUT2D eigenvalue weighted by Gasteiger charge is 2.03. The molecule has 0 saturated heterocycles. The van der Waals surface area contributed by atoms with E-state index in [-0.39, 0.29) is 0 Å². The van der Waals surface area contributed by atoms with E-state index in [4.69, 9.17) is 0 Å². The quantitative estimate of drug-likeness (QED) is 0.582. The summed E-state index contributed by atoms with van der Waals surface area (Å²) in [5, 5.41) is 0. The molecule has 1 heteroatoms. The van der Waals surface area contributed by atoms with Crippen LogP contribution in [0.5, 0.6) is 0 Å². The molecule has 1 aromatic rings. The first-order valence-electron chi connectivity index (χ1n) is 6.68. The number of para-hydroxylation sites is 1. The lowest BCUT2D eigenvalue weighted by atomic mass is 10.2. The van der Waals surface area contributed by atoms with Crippen LogP contribution in [0, 0.1) is 0 Å². The van der Waals surface area contributed by atoms with Gasteiger partial charge in [0.1, 0.15) is 0 Å². The number of anilines is 1. The monoisotopic (exact) mass is 219 g/mol. The van der Waals surface area contributed by atoms with Crippen LogP contribution in [0.3, 0.4) is 0 Å². The van der Waals surface area contributed by atoms with Crippen molar-refractivity contribution in [3.8, 4) is 0 Å². The molecule has 0 saturated carbocycles. The lowest BCUT2D eigenvalue weighted by molar-refractivity contribution is 0.639. The molecular formula is C15H25N. The van der Waals surface area contributed by atoms with Crippen LogP contribution >= 0.6 is 0 Å². The zero-order valence-corrected chi connectivity index (χ0v) is 10.8. The van der Waals surface area contributed by atoms with E-state index < -0.39 is 0 Å². The van der Waals surface area contributed by atoms with Crippen LogP contribution in [-0.2, 0) is 0 Å². The van der Waals surface area contributed by atoms with Crippen LogP contribution in [0.25, 0.3) is 0 Å². The van der Waals surface area contributed by atoms with Gasteiger partial charge in [-0.2, -0.15) is 0 Å². The number of unbranched alkanes of at least 4 members (excludes halogenated alkanes) is 3. The summed E-state index contributed by atoms with van der Waals surface area (Å²) in [7, 11) is 0. The van der Waals surface area contributed by atoms with Crippen LogP contribution in [0.2, 0.25) is 0 Å². The van der Waals surface area contributed by atoms with Crippen LogP contribution in [-0.4, -0.2) is 13.1 Å². The smallest absolute Gasteiger partial charge is 0.0366 e. The summed E-state index contributed by atoms with van der Waals surface area (Å²) in [6.45, 7) is 6.90. The molecule has 0 aromatic heterocycles. The molecule has 0 spiro atoms. The van der Waals surface area contributed by atoms with Gasteiger partial charge in [0.15, 0.2) is 0 Å². The second kappa shape index (κ2) is 8.20. The summed E-state index contributed by atoms with van der Waals surface area (Å²) in [6.07, 6.45) is 6.60. The number of benzene rings is 1. The average molecular weight is 219 g/mol. The molecule has 0 unspecified atom stereocenters. The number of hydrogen-bond donors (Lipinski definition) is 0. The molecular weight excluding hydrogens is 194 g/mol. The van der Waals surface area contributed by atoms with E-state index >= 15 is 0 Å². The molecule has 0 aliphatic carbocycles. The molecule has 0 aliphatic heterocycles. The molecule has 0 fully saturated rings. The van der Waals surface area contributed by atoms with Gasteiger partial charge in [-0.3, -0.25) is 0 Å². The maximum atomic E-state index is 2.51. The summed E-state index contributed by atoms with van der Waals surface area (Å²) in [5.74, 6) is 0. The van der Waals surface area contributed by atoms with Gasteiger partial charge in [0.2, 0.25) is 0 Å². The first kappa shape index (κ1) is 13.1. The fourth-order valence-corrected chi connectivity index (χ4v) is 2.01. The molecule has 0 bridgehead atoms. The third kappa shape index (κ3) is 4.69. The van der Waals surface area contributed by atoms with Crippen molar-refractivity contribution < 1.29 is 0 Å². The van der Waals surface area contributed by atoms with Crippen LogP contribution in [0.4, 0.5) is 5.69 Å². The number of hydrogen-bond acceptors (Lipinski definition) is 1. The topological polar surface area (TPSA) is 3.24 Å². The Morgan fingerprint density at radius 3 is 2.19 bits per heavy atom. The predicted molar refractivity (Wildman–Crippen MR) is 73.1 cm³/mol. The summed E-state index contributed by atoms with van der Waals surface area (Å²) >= 11 is 0. The molecule has 0 aliphatic rings. The molecule has 0 heterocycles. The summed E-state index contributed by atoms with van der Waals surface area (Å²) in [5.41, 5.74) is 1.38. The van der Waals surface area contributed by atoms with Gasteiger partial charge in [-0.25, -0.2) is 0 Å². The van der Waals surface area contributed by atoms with Crippen molar-refractivity contribution in [2.75, 3.05) is 18.0 Å². The Morgan fingerprint density at radius 2 is 1.56 bits per heavy atom. The third-order valence-electron chi connectivity index (χ3n) is 2.90. The highest BCUT2D eigenvalue weighted by Crippen LogP contribution is 2.14. The molecule has 0 atom stereocenters. The minimum atomic E-state index is 1.18. The molecule has 0 amide bonds. The molecule has 1 rings (SSSR count). The van der Waals surface area contributed by atoms with Gasteiger partial charge in [-0.05, 0) is 25.0 Å². The Hall–Kier alpha value is -0.980. The molecule has 0 radical (unpaired) electrons. The molecule has 1 aromatic carbocycles. The van der Waals surface area contributed by atoms with Crippen molar-refractivity contribution in [2.24, 2.45) is 0 Å². The van der Waals surface area contributed by atoms with E-state index in [1.54, 1.807) is 0 Å². The van der Waals surface area contributed by atoms with E-state index in [0.29, 0.717) is 0 Å². The van der Waals surface area contributed by atoms with Gasteiger partial charge < -0.3 is 4.90 Å². The maximum absolute atomic E-state index is 2.51. The Labute approximate surface area is 100 Å². The Morgan fingerprint density at radius 1 is 0.812 bits per heavy atom. The zero-order valence-electron chi connectivity index (χ0n) is 10.8. The average Bonchev–Trinajstić information content (AvgIpc) is 2.34. The third-order valence-corrected chi connectivity index (χ3v) is 2.90. The summed E-state index contributed by atoms with van der Waals surface area (Å²) < 4.78 is 0. The second-order valence-electron chi connectivity index (χ2n) is 4.38. The van der Waals surface area contributed by atoms with Crippen LogP contribution in [0.15, 0.2) is 30.3 Å². The van der Waals surface area contributed by atoms with Crippen molar-refractivity contribution in [3.63, 3.8) is 0 Å². The van der Waals surface area contributed by atoms with Gasteiger partial charge in [0.25, 0.3) is 0 Å². The van der Waals surface area contributed by atoms with Crippen LogP contribution in [0.1, 0.15) is 46.0 Å². The predicted octanol–water partition coefficient (Wildman–Crippen LogP) is 4.48. The number of nitrogens with zero attached hydrogens (tertiary/aromatic N) is 1. The fourth-order valence-electron chi connectivity index (χ4n) is 2.01. The van der Waals surface area contributed by atoms with Gasteiger partial charge in [0, 0.05) is 18.8 Å². The van der Waals surface area contributed by atoms with Gasteiger partial charge in [0.05, 0.1) is 0 Å². The van der Waals surface area contributed by atoms with Gasteiger partial charge in [-0.1, -0.05) is 51.3 Å². The highest BCUT2D eigenvalue weighted by molar-refractivity contribution is 5.45. The van der Waals surface area contributed by atoms with Crippen LogP contribution < -0.4 is 4.90 Å². The van der Waals surface area contributed by atoms with E-state index in [1.807, 2.05) is 0 Å². The van der Waals surface area contributed by atoms with Crippen molar-refractivity contribution in [3.05, 3.63) is 30.3 Å². The van der Waals surface area contributed by atoms with Crippen molar-refractivity contribution in [2.45, 2.75) is 46.0 Å². The van der Waals surface area contributed by atoms with Gasteiger partial charge >= 0.3 is 0 Å². The second-order valence-corrected chi connectivity index (χ2v) is 4.38. The van der Waals surface area contributed by atoms with Gasteiger partial charge in [-0.15, -0.1) is 0 Å². The lowest BCUT2D eigenvalue weighted by Crippen LogP contribution is -2.25. The maximum Gasteiger partial charge on any atom is 0.0366 e. The van der Waals surface area contributed by atoms with Crippen molar-refractivity contribution in [1.82, 2.24) is 0 Å². The Kier molecular flexibility index (Phi) is 6.71. The highest BCUT2D eigenvalue weighted by atomic mass is 15.1.